The quantitative estimate of drug-likeness (QED) is 0.552. The van der Waals surface area contributed by atoms with Crippen LogP contribution >= 0.6 is 0 Å². The largest absolute Gasteiger partial charge is 0.388 e. The van der Waals surface area contributed by atoms with Gasteiger partial charge in [-0.3, -0.25) is 9.59 Å². The lowest BCUT2D eigenvalue weighted by atomic mass is 10.0. The lowest BCUT2D eigenvalue weighted by Gasteiger charge is -2.32. The zero-order valence-corrected chi connectivity index (χ0v) is 24.2. The standard InChI is InChI=1S/C30H37F3N6O3/c1-19-14-34-16-22(36-30(41)25-18-38(4)28(40)13-24(25)29(32)33)12-23(26(31)6-5-9-37(19)3)21-7-8-27(35-15-21)39-10-11-42-20(2)17-39/h6-8,12-13,15-16,18-20,29,34H,5,9-11,14,17H2,1-4H3,(H,36,41)/b22-16-,23-12-,26-6+. The van der Waals surface area contributed by atoms with Crippen molar-refractivity contribution in [2.24, 2.45) is 7.05 Å². The third-order valence-corrected chi connectivity index (χ3v) is 7.41. The van der Waals surface area contributed by atoms with Crippen LogP contribution in [0.5, 0.6) is 0 Å². The number of hydrogen-bond acceptors (Lipinski definition) is 7. The molecule has 1 amide bonds. The second-order valence-corrected chi connectivity index (χ2v) is 10.6. The number of halogens is 3. The maximum atomic E-state index is 15.8. The minimum absolute atomic E-state index is 0.0666. The number of pyridine rings is 2. The zero-order chi connectivity index (χ0) is 30.4. The molecule has 0 spiro atoms. The molecule has 2 N–H and O–H groups in total. The molecule has 226 valence electrons. The van der Waals surface area contributed by atoms with Crippen LogP contribution in [0.2, 0.25) is 0 Å². The summed E-state index contributed by atoms with van der Waals surface area (Å²) >= 11 is 0. The number of allylic oxidation sites excluding steroid dienone is 3. The average Bonchev–Trinajstić information content (AvgIpc) is 2.96. The zero-order valence-electron chi connectivity index (χ0n) is 24.2. The number of carbonyl (C=O) groups is 1. The smallest absolute Gasteiger partial charge is 0.264 e. The van der Waals surface area contributed by atoms with Crippen LogP contribution in [0.4, 0.5) is 19.0 Å². The molecule has 2 unspecified atom stereocenters. The SMILES string of the molecule is CC1CN(c2ccc(C3=C/C(NC(=O)c4cn(C)c(=O)cc4C(F)F)=C/NCC(C)N(C)CC/C=C\3F)cn2)CCO1. The highest BCUT2D eigenvalue weighted by molar-refractivity contribution is 5.97. The van der Waals surface area contributed by atoms with Gasteiger partial charge in [-0.15, -0.1) is 0 Å². The molecular formula is C30H37F3N6O3. The first-order chi connectivity index (χ1) is 20.0. The van der Waals surface area contributed by atoms with E-state index in [9.17, 15) is 18.4 Å². The normalized spacial score (nSPS) is 24.7. The highest BCUT2D eigenvalue weighted by atomic mass is 19.3. The van der Waals surface area contributed by atoms with Crippen molar-refractivity contribution in [1.29, 1.82) is 0 Å². The second-order valence-electron chi connectivity index (χ2n) is 10.6. The van der Waals surface area contributed by atoms with E-state index in [2.05, 4.69) is 25.4 Å². The van der Waals surface area contributed by atoms with Gasteiger partial charge in [-0.2, -0.15) is 0 Å². The molecule has 2 aromatic heterocycles. The van der Waals surface area contributed by atoms with E-state index in [0.717, 1.165) is 22.6 Å². The van der Waals surface area contributed by atoms with E-state index < -0.39 is 29.3 Å². The van der Waals surface area contributed by atoms with Gasteiger partial charge in [-0.1, -0.05) is 0 Å². The second kappa shape index (κ2) is 13.8. The maximum absolute atomic E-state index is 15.8. The third-order valence-electron chi connectivity index (χ3n) is 7.41. The summed E-state index contributed by atoms with van der Waals surface area (Å²) in [7, 11) is 3.31. The summed E-state index contributed by atoms with van der Waals surface area (Å²) in [5.74, 6) is -0.634. The minimum Gasteiger partial charge on any atom is -0.388 e. The number of carbonyl (C=O) groups excluding carboxylic acids is 1. The number of nitrogens with zero attached hydrogens (tertiary/aromatic N) is 4. The monoisotopic (exact) mass is 586 g/mol. The van der Waals surface area contributed by atoms with Crippen LogP contribution in [0, 0.1) is 0 Å². The molecule has 0 aliphatic carbocycles. The summed E-state index contributed by atoms with van der Waals surface area (Å²) in [4.78, 5) is 34.0. The van der Waals surface area contributed by atoms with Crippen molar-refractivity contribution < 1.29 is 22.7 Å². The maximum Gasteiger partial charge on any atom is 0.264 e. The molecule has 0 radical (unpaired) electrons. The van der Waals surface area contributed by atoms with Crippen LogP contribution in [0.25, 0.3) is 5.57 Å². The molecule has 0 bridgehead atoms. The lowest BCUT2D eigenvalue weighted by Crippen LogP contribution is -2.41. The van der Waals surface area contributed by atoms with Gasteiger partial charge >= 0.3 is 0 Å². The van der Waals surface area contributed by atoms with E-state index in [4.69, 9.17) is 4.74 Å². The Bertz CT molecular complexity index is 1420. The van der Waals surface area contributed by atoms with Crippen LogP contribution in [0.15, 0.2) is 65.3 Å². The first-order valence-corrected chi connectivity index (χ1v) is 13.9. The summed E-state index contributed by atoms with van der Waals surface area (Å²) in [5.41, 5.74) is -0.909. The molecule has 9 nitrogen and oxygen atoms in total. The first kappa shape index (κ1) is 31.0. The fraction of sp³-hybridized carbons (Fsp3) is 0.433. The molecule has 2 atom stereocenters. The number of anilines is 1. The fourth-order valence-electron chi connectivity index (χ4n) is 4.75. The Kier molecular flexibility index (Phi) is 10.2. The first-order valence-electron chi connectivity index (χ1n) is 13.9. The molecule has 4 heterocycles. The number of ether oxygens (including phenoxy) is 1. The van der Waals surface area contributed by atoms with Crippen molar-refractivity contribution >= 4 is 17.3 Å². The number of nitrogens with one attached hydrogen (secondary N) is 2. The van der Waals surface area contributed by atoms with Crippen LogP contribution in [-0.2, 0) is 11.8 Å². The van der Waals surface area contributed by atoms with Gasteiger partial charge in [0.05, 0.1) is 24.0 Å². The van der Waals surface area contributed by atoms with Crippen LogP contribution < -0.4 is 21.1 Å². The van der Waals surface area contributed by atoms with Crippen molar-refractivity contribution in [3.63, 3.8) is 0 Å². The van der Waals surface area contributed by atoms with Crippen LogP contribution in [0.3, 0.4) is 0 Å². The van der Waals surface area contributed by atoms with Gasteiger partial charge in [0.15, 0.2) is 0 Å². The Morgan fingerprint density at radius 3 is 2.69 bits per heavy atom. The molecule has 0 saturated carbocycles. The van der Waals surface area contributed by atoms with Crippen molar-refractivity contribution in [2.75, 3.05) is 44.7 Å². The number of rotatable bonds is 5. The molecule has 0 aromatic carbocycles. The molecule has 1 saturated heterocycles. The summed E-state index contributed by atoms with van der Waals surface area (Å²) < 4.78 is 49.9. The molecule has 2 aromatic rings. The van der Waals surface area contributed by atoms with E-state index in [1.54, 1.807) is 12.3 Å². The van der Waals surface area contributed by atoms with Gasteiger partial charge in [0.1, 0.15) is 11.6 Å². The van der Waals surface area contributed by atoms with Crippen molar-refractivity contribution in [2.45, 2.75) is 38.8 Å². The molecular weight excluding hydrogens is 549 g/mol. The Hall–Kier alpha value is -3.90. The summed E-state index contributed by atoms with van der Waals surface area (Å²) in [5, 5.41) is 5.78. The van der Waals surface area contributed by atoms with Gasteiger partial charge < -0.3 is 29.7 Å². The molecule has 4 rings (SSSR count). The number of likely N-dealkylation sites (N-methyl/N-ethyl adjacent to an activating group) is 1. The number of aromatic nitrogens is 2. The minimum atomic E-state index is -3.04. The Morgan fingerprint density at radius 2 is 2.00 bits per heavy atom. The van der Waals surface area contributed by atoms with E-state index in [1.165, 1.54) is 25.4 Å². The topological polar surface area (TPSA) is 91.7 Å². The van der Waals surface area contributed by atoms with Crippen molar-refractivity contribution in [3.05, 3.63) is 87.5 Å². The molecule has 42 heavy (non-hydrogen) atoms. The number of aryl methyl sites for hydroxylation is 1. The molecule has 1 fully saturated rings. The molecule has 2 aliphatic rings. The average molecular weight is 587 g/mol. The predicted octanol–water partition coefficient (Wildman–Crippen LogP) is 3.76. The van der Waals surface area contributed by atoms with Crippen LogP contribution in [-0.4, -0.2) is 72.3 Å². The lowest BCUT2D eigenvalue weighted by molar-refractivity contribution is 0.0529. The van der Waals surface area contributed by atoms with Crippen molar-refractivity contribution in [1.82, 2.24) is 25.1 Å². The van der Waals surface area contributed by atoms with E-state index in [0.29, 0.717) is 44.8 Å². The highest BCUT2D eigenvalue weighted by Crippen LogP contribution is 2.28. The Labute approximate surface area is 243 Å². The summed E-state index contributed by atoms with van der Waals surface area (Å²) in [6.07, 6.45) is 4.57. The Balaban J connectivity index is 1.72. The number of amides is 1. The Morgan fingerprint density at radius 1 is 1.21 bits per heavy atom. The van der Waals surface area contributed by atoms with Gasteiger partial charge in [0, 0.05) is 80.6 Å². The predicted molar refractivity (Wildman–Crippen MR) is 156 cm³/mol. The van der Waals surface area contributed by atoms with Gasteiger partial charge in [-0.25, -0.2) is 18.2 Å². The fourth-order valence-corrected chi connectivity index (χ4v) is 4.75. The summed E-state index contributed by atoms with van der Waals surface area (Å²) in [6.45, 7) is 7.11. The van der Waals surface area contributed by atoms with Gasteiger partial charge in [0.2, 0.25) is 0 Å². The van der Waals surface area contributed by atoms with Gasteiger partial charge in [-0.05, 0) is 51.6 Å². The third kappa shape index (κ3) is 7.68. The molecule has 2 aliphatic heterocycles. The number of morpholine rings is 1. The number of alkyl halides is 2. The van der Waals surface area contributed by atoms with Crippen molar-refractivity contribution in [3.8, 4) is 0 Å². The van der Waals surface area contributed by atoms with E-state index in [-0.39, 0.29) is 29.0 Å². The molecule has 12 heteroatoms. The summed E-state index contributed by atoms with van der Waals surface area (Å²) in [6, 6.07) is 4.41. The van der Waals surface area contributed by atoms with E-state index >= 15 is 4.39 Å². The number of hydrogen-bond donors (Lipinski definition) is 2. The van der Waals surface area contributed by atoms with E-state index in [1.807, 2.05) is 27.0 Å². The highest BCUT2D eigenvalue weighted by Gasteiger charge is 2.22. The van der Waals surface area contributed by atoms with Crippen LogP contribution in [0.1, 0.15) is 48.2 Å². The van der Waals surface area contributed by atoms with Gasteiger partial charge in [0.25, 0.3) is 17.9 Å².